The lowest BCUT2D eigenvalue weighted by molar-refractivity contribution is 0.0938. The molecule has 1 saturated heterocycles. The Bertz CT molecular complexity index is 486. The Morgan fingerprint density at radius 1 is 1.09 bits per heavy atom. The van der Waals surface area contributed by atoms with E-state index in [4.69, 9.17) is 0 Å². The van der Waals surface area contributed by atoms with E-state index in [1.165, 1.54) is 18.5 Å². The van der Waals surface area contributed by atoms with Gasteiger partial charge in [0.1, 0.15) is 0 Å². The number of benzene rings is 1. The Hall–Kier alpha value is -1.55. The fourth-order valence-corrected chi connectivity index (χ4v) is 3.54. The quantitative estimate of drug-likeness (QED) is 0.899. The highest BCUT2D eigenvalue weighted by Crippen LogP contribution is 2.23. The van der Waals surface area contributed by atoms with Crippen molar-refractivity contribution in [2.45, 2.75) is 44.6 Å². The predicted molar refractivity (Wildman–Crippen MR) is 88.2 cm³/mol. The van der Waals surface area contributed by atoms with Gasteiger partial charge in [-0.1, -0.05) is 12.8 Å². The smallest absolute Gasteiger partial charge is 0.251 e. The molecule has 0 bridgehead atoms. The highest BCUT2D eigenvalue weighted by atomic mass is 16.3. The van der Waals surface area contributed by atoms with Crippen molar-refractivity contribution in [2.75, 3.05) is 24.6 Å². The normalized spacial score (nSPS) is 20.3. The lowest BCUT2D eigenvalue weighted by Crippen LogP contribution is -2.35. The van der Waals surface area contributed by atoms with Gasteiger partial charge in [0.15, 0.2) is 0 Å². The van der Waals surface area contributed by atoms with E-state index >= 15 is 0 Å². The van der Waals surface area contributed by atoms with Crippen LogP contribution in [0.1, 0.15) is 48.9 Å². The number of anilines is 1. The van der Waals surface area contributed by atoms with Gasteiger partial charge in [0, 0.05) is 37.0 Å². The Morgan fingerprint density at radius 3 is 2.32 bits per heavy atom. The van der Waals surface area contributed by atoms with Crippen LogP contribution in [0.4, 0.5) is 5.69 Å². The molecule has 1 aromatic rings. The van der Waals surface area contributed by atoms with E-state index in [1.54, 1.807) is 0 Å². The van der Waals surface area contributed by atoms with Crippen molar-refractivity contribution >= 4 is 11.6 Å². The molecule has 120 valence electrons. The average Bonchev–Trinajstić information content (AvgIpc) is 3.08. The summed E-state index contributed by atoms with van der Waals surface area (Å²) < 4.78 is 0. The fraction of sp³-hybridized carbons (Fsp3) is 0.611. The van der Waals surface area contributed by atoms with Gasteiger partial charge in [-0.25, -0.2) is 0 Å². The Kier molecular flexibility index (Phi) is 4.98. The molecular formula is C18H26N2O2. The third-order valence-corrected chi connectivity index (χ3v) is 5.06. The number of carbonyl (C=O) groups is 1. The van der Waals surface area contributed by atoms with Crippen LogP contribution in [0.15, 0.2) is 24.3 Å². The summed E-state index contributed by atoms with van der Waals surface area (Å²) in [6.45, 7) is 2.27. The van der Waals surface area contributed by atoms with Gasteiger partial charge in [-0.2, -0.15) is 0 Å². The third kappa shape index (κ3) is 3.61. The summed E-state index contributed by atoms with van der Waals surface area (Å²) >= 11 is 0. The maximum absolute atomic E-state index is 12.2. The van der Waals surface area contributed by atoms with Gasteiger partial charge >= 0.3 is 0 Å². The van der Waals surface area contributed by atoms with Crippen LogP contribution in [0.25, 0.3) is 0 Å². The third-order valence-electron chi connectivity index (χ3n) is 5.06. The van der Waals surface area contributed by atoms with Crippen LogP contribution in [-0.4, -0.2) is 36.8 Å². The Labute approximate surface area is 132 Å². The van der Waals surface area contributed by atoms with Gasteiger partial charge in [0.05, 0.1) is 0 Å². The molecule has 4 heteroatoms. The zero-order valence-corrected chi connectivity index (χ0v) is 13.1. The van der Waals surface area contributed by atoms with Gasteiger partial charge < -0.3 is 15.3 Å². The molecule has 2 fully saturated rings. The number of aliphatic hydroxyl groups excluding tert-OH is 1. The van der Waals surface area contributed by atoms with Crippen molar-refractivity contribution in [3.8, 4) is 0 Å². The fourth-order valence-electron chi connectivity index (χ4n) is 3.54. The highest BCUT2D eigenvalue weighted by molar-refractivity contribution is 5.94. The van der Waals surface area contributed by atoms with Gasteiger partial charge in [0.2, 0.25) is 0 Å². The number of aliphatic hydroxyl groups is 1. The van der Waals surface area contributed by atoms with Gasteiger partial charge in [-0.3, -0.25) is 4.79 Å². The van der Waals surface area contributed by atoms with Crippen LogP contribution in [0.3, 0.4) is 0 Å². The molecule has 1 saturated carbocycles. The second kappa shape index (κ2) is 7.14. The standard InChI is InChI=1S/C18H26N2O2/c21-13-14-9-11-20(12-10-14)17-7-5-15(6-8-17)18(22)19-16-3-1-2-4-16/h5-8,14,16,21H,1-4,9-13H2,(H,19,22). The summed E-state index contributed by atoms with van der Waals surface area (Å²) in [5, 5.41) is 12.3. The number of rotatable bonds is 4. The molecule has 2 N–H and O–H groups in total. The first-order valence-corrected chi connectivity index (χ1v) is 8.53. The van der Waals surface area contributed by atoms with E-state index in [0.717, 1.165) is 44.3 Å². The highest BCUT2D eigenvalue weighted by Gasteiger charge is 2.20. The largest absolute Gasteiger partial charge is 0.396 e. The van der Waals surface area contributed by atoms with Crippen molar-refractivity contribution in [3.05, 3.63) is 29.8 Å². The van der Waals surface area contributed by atoms with E-state index in [1.807, 2.05) is 24.3 Å². The number of nitrogens with zero attached hydrogens (tertiary/aromatic N) is 1. The Morgan fingerprint density at radius 2 is 1.73 bits per heavy atom. The van der Waals surface area contributed by atoms with E-state index in [9.17, 15) is 9.90 Å². The molecular weight excluding hydrogens is 276 g/mol. The molecule has 22 heavy (non-hydrogen) atoms. The van der Waals surface area contributed by atoms with Crippen molar-refractivity contribution in [1.82, 2.24) is 5.32 Å². The number of carbonyl (C=O) groups excluding carboxylic acids is 1. The molecule has 1 aliphatic heterocycles. The lowest BCUT2D eigenvalue weighted by atomic mass is 9.97. The van der Waals surface area contributed by atoms with E-state index in [2.05, 4.69) is 10.2 Å². The average molecular weight is 302 g/mol. The molecule has 0 radical (unpaired) electrons. The van der Waals surface area contributed by atoms with Gasteiger partial charge in [-0.05, 0) is 55.9 Å². The number of piperidine rings is 1. The number of hydrogen-bond acceptors (Lipinski definition) is 3. The minimum Gasteiger partial charge on any atom is -0.396 e. The first-order valence-electron chi connectivity index (χ1n) is 8.53. The first kappa shape index (κ1) is 15.3. The van der Waals surface area contributed by atoms with Crippen molar-refractivity contribution in [2.24, 2.45) is 5.92 Å². The molecule has 1 heterocycles. The monoisotopic (exact) mass is 302 g/mol. The number of hydrogen-bond donors (Lipinski definition) is 2. The molecule has 0 spiro atoms. The second-order valence-electron chi connectivity index (χ2n) is 6.61. The van der Waals surface area contributed by atoms with Crippen molar-refractivity contribution in [3.63, 3.8) is 0 Å². The van der Waals surface area contributed by atoms with E-state index in [-0.39, 0.29) is 5.91 Å². The van der Waals surface area contributed by atoms with Crippen LogP contribution in [0.2, 0.25) is 0 Å². The molecule has 3 rings (SSSR count). The lowest BCUT2D eigenvalue weighted by Gasteiger charge is -2.32. The van der Waals surface area contributed by atoms with Crippen molar-refractivity contribution in [1.29, 1.82) is 0 Å². The van der Waals surface area contributed by atoms with E-state index < -0.39 is 0 Å². The minimum atomic E-state index is 0.0532. The molecule has 0 aromatic heterocycles. The summed E-state index contributed by atoms with van der Waals surface area (Å²) in [6, 6.07) is 8.31. The van der Waals surface area contributed by atoms with Gasteiger partial charge in [0.25, 0.3) is 5.91 Å². The Balaban J connectivity index is 1.56. The summed E-state index contributed by atoms with van der Waals surface area (Å²) in [6.07, 6.45) is 6.77. The molecule has 1 aliphatic carbocycles. The first-order chi connectivity index (χ1) is 10.8. The van der Waals surface area contributed by atoms with Crippen LogP contribution in [0.5, 0.6) is 0 Å². The summed E-state index contributed by atoms with van der Waals surface area (Å²) in [5.41, 5.74) is 1.93. The van der Waals surface area contributed by atoms with Crippen LogP contribution >= 0.6 is 0 Å². The molecule has 1 aromatic carbocycles. The topological polar surface area (TPSA) is 52.6 Å². The minimum absolute atomic E-state index is 0.0532. The predicted octanol–water partition coefficient (Wildman–Crippen LogP) is 2.57. The molecule has 1 amide bonds. The van der Waals surface area contributed by atoms with Crippen LogP contribution in [-0.2, 0) is 0 Å². The number of amides is 1. The number of nitrogens with one attached hydrogen (secondary N) is 1. The molecule has 0 atom stereocenters. The maximum Gasteiger partial charge on any atom is 0.251 e. The second-order valence-corrected chi connectivity index (χ2v) is 6.61. The summed E-state index contributed by atoms with van der Waals surface area (Å²) in [7, 11) is 0. The molecule has 2 aliphatic rings. The van der Waals surface area contributed by atoms with Crippen molar-refractivity contribution < 1.29 is 9.90 Å². The van der Waals surface area contributed by atoms with Crippen LogP contribution in [0, 0.1) is 5.92 Å². The maximum atomic E-state index is 12.2. The van der Waals surface area contributed by atoms with Gasteiger partial charge in [-0.15, -0.1) is 0 Å². The molecule has 0 unspecified atom stereocenters. The summed E-state index contributed by atoms with van der Waals surface area (Å²) in [5.74, 6) is 0.505. The molecule has 4 nitrogen and oxygen atoms in total. The summed E-state index contributed by atoms with van der Waals surface area (Å²) in [4.78, 5) is 14.6. The zero-order chi connectivity index (χ0) is 15.4. The SMILES string of the molecule is O=C(NC1CCCC1)c1ccc(N2CCC(CO)CC2)cc1. The van der Waals surface area contributed by atoms with Crippen LogP contribution < -0.4 is 10.2 Å². The van der Waals surface area contributed by atoms with E-state index in [0.29, 0.717) is 18.6 Å². The zero-order valence-electron chi connectivity index (χ0n) is 13.1.